The van der Waals surface area contributed by atoms with Crippen molar-refractivity contribution >= 4 is 17.8 Å². The molecule has 1 N–H and O–H groups in total. The number of nitriles is 1. The first-order valence-electron chi connectivity index (χ1n) is 2.46. The fourth-order valence-corrected chi connectivity index (χ4v) is 0.559. The molecule has 0 aromatic rings. The highest BCUT2D eigenvalue weighted by Crippen LogP contribution is 2.20. The molecule has 10 heavy (non-hydrogen) atoms. The zero-order valence-electron chi connectivity index (χ0n) is 4.84. The highest BCUT2D eigenvalue weighted by molar-refractivity contribution is 6.75. The summed E-state index contributed by atoms with van der Waals surface area (Å²) in [4.78, 5) is 20.6. The summed E-state index contributed by atoms with van der Waals surface area (Å²) in [6.45, 7) is 0. The van der Waals surface area contributed by atoms with Crippen LogP contribution in [-0.2, 0) is 9.59 Å². The molecule has 0 atom stereocenters. The maximum atomic E-state index is 10.3. The molecule has 0 amide bonds. The van der Waals surface area contributed by atoms with Crippen molar-refractivity contribution < 1.29 is 9.59 Å². The minimum absolute atomic E-state index is 0.127. The predicted octanol–water partition coefficient (Wildman–Crippen LogP) is -0.392. The van der Waals surface area contributed by atoms with Gasteiger partial charge in [-0.1, -0.05) is 0 Å². The molecule has 0 unspecified atom stereocenters. The highest BCUT2D eigenvalue weighted by Gasteiger charge is 2.43. The second-order valence-corrected chi connectivity index (χ2v) is 1.70. The van der Waals surface area contributed by atoms with Crippen LogP contribution in [0.1, 0.15) is 0 Å². The topological polar surface area (TPSA) is 81.8 Å². The standard InChI is InChI=1S/C6H2N2O2/c7-1-3(2-8)4-5(9)6(4)10/h1,7H. The molecule has 1 saturated carbocycles. The maximum absolute atomic E-state index is 10.3. The van der Waals surface area contributed by atoms with Gasteiger partial charge in [0.25, 0.3) is 0 Å². The Kier molecular flexibility index (Phi) is 1.20. The SMILES string of the molecule is N#CC(C=N)=C1C(=O)C1=O. The molecule has 0 aromatic heterocycles. The molecule has 1 aliphatic rings. The summed E-state index contributed by atoms with van der Waals surface area (Å²) in [7, 11) is 0. The van der Waals surface area contributed by atoms with E-state index in [0.29, 0.717) is 6.21 Å². The first-order chi connectivity index (χ1) is 4.72. The van der Waals surface area contributed by atoms with Gasteiger partial charge in [-0.3, -0.25) is 9.59 Å². The highest BCUT2D eigenvalue weighted by atomic mass is 16.2. The Morgan fingerprint density at radius 1 is 1.50 bits per heavy atom. The lowest BCUT2D eigenvalue weighted by molar-refractivity contribution is -0.122. The van der Waals surface area contributed by atoms with Gasteiger partial charge in [0.1, 0.15) is 6.07 Å². The van der Waals surface area contributed by atoms with Crippen molar-refractivity contribution in [2.24, 2.45) is 0 Å². The third-order valence-corrected chi connectivity index (χ3v) is 1.13. The summed E-state index contributed by atoms with van der Waals surface area (Å²) < 4.78 is 0. The molecule has 48 valence electrons. The van der Waals surface area contributed by atoms with Gasteiger partial charge in [0.15, 0.2) is 0 Å². The minimum Gasteiger partial charge on any atom is -0.307 e. The minimum atomic E-state index is -0.639. The molecule has 0 saturated heterocycles. The maximum Gasteiger partial charge on any atom is 0.239 e. The average molecular weight is 134 g/mol. The van der Waals surface area contributed by atoms with Crippen LogP contribution in [0.25, 0.3) is 0 Å². The van der Waals surface area contributed by atoms with E-state index in [1.807, 2.05) is 0 Å². The first-order valence-corrected chi connectivity index (χ1v) is 2.46. The fourth-order valence-electron chi connectivity index (χ4n) is 0.559. The normalized spacial score (nSPS) is 14.5. The number of carbonyl (C=O) groups is 2. The number of rotatable bonds is 1. The molecule has 0 radical (unpaired) electrons. The molecule has 1 fully saturated rings. The van der Waals surface area contributed by atoms with Gasteiger partial charge >= 0.3 is 0 Å². The van der Waals surface area contributed by atoms with Crippen molar-refractivity contribution in [1.82, 2.24) is 0 Å². The van der Waals surface area contributed by atoms with E-state index in [1.165, 1.54) is 0 Å². The van der Waals surface area contributed by atoms with Gasteiger partial charge in [0.05, 0.1) is 11.1 Å². The number of carbonyl (C=O) groups excluding carboxylic acids is 2. The summed E-state index contributed by atoms with van der Waals surface area (Å²) in [6, 6.07) is 1.57. The number of nitrogens with zero attached hydrogens (tertiary/aromatic N) is 1. The Morgan fingerprint density at radius 2 is 2.00 bits per heavy atom. The van der Waals surface area contributed by atoms with Gasteiger partial charge in [0, 0.05) is 6.21 Å². The van der Waals surface area contributed by atoms with Gasteiger partial charge in [-0.05, 0) is 0 Å². The van der Waals surface area contributed by atoms with Gasteiger partial charge in [-0.25, -0.2) is 0 Å². The summed E-state index contributed by atoms with van der Waals surface area (Å²) in [5.41, 5.74) is -0.271. The fraction of sp³-hybridized carbons (Fsp3) is 0. The Morgan fingerprint density at radius 3 is 2.10 bits per heavy atom. The molecular weight excluding hydrogens is 132 g/mol. The van der Waals surface area contributed by atoms with Crippen LogP contribution < -0.4 is 0 Å². The molecule has 1 rings (SSSR count). The Bertz CT molecular complexity index is 290. The van der Waals surface area contributed by atoms with Crippen molar-refractivity contribution in [3.05, 3.63) is 11.1 Å². The summed E-state index contributed by atoms with van der Waals surface area (Å²) in [6.07, 6.45) is 0.706. The summed E-state index contributed by atoms with van der Waals surface area (Å²) in [5.74, 6) is -1.28. The van der Waals surface area contributed by atoms with Crippen LogP contribution in [0.15, 0.2) is 11.1 Å². The van der Waals surface area contributed by atoms with E-state index in [4.69, 9.17) is 10.7 Å². The van der Waals surface area contributed by atoms with Crippen molar-refractivity contribution in [3.8, 4) is 6.07 Å². The van der Waals surface area contributed by atoms with Crippen LogP contribution in [0.4, 0.5) is 0 Å². The van der Waals surface area contributed by atoms with Gasteiger partial charge < -0.3 is 5.41 Å². The third kappa shape index (κ3) is 0.650. The van der Waals surface area contributed by atoms with E-state index in [-0.39, 0.29) is 11.1 Å². The van der Waals surface area contributed by atoms with Gasteiger partial charge in [-0.2, -0.15) is 5.26 Å². The van der Waals surface area contributed by atoms with Crippen LogP contribution >= 0.6 is 0 Å². The molecule has 0 aromatic carbocycles. The van der Waals surface area contributed by atoms with Crippen molar-refractivity contribution in [2.75, 3.05) is 0 Å². The molecule has 1 aliphatic carbocycles. The summed E-state index contributed by atoms with van der Waals surface area (Å²) in [5, 5.41) is 14.8. The van der Waals surface area contributed by atoms with E-state index >= 15 is 0 Å². The third-order valence-electron chi connectivity index (χ3n) is 1.13. The number of hydrogen-bond acceptors (Lipinski definition) is 4. The number of hydrogen-bond donors (Lipinski definition) is 1. The van der Waals surface area contributed by atoms with Crippen molar-refractivity contribution in [1.29, 1.82) is 10.7 Å². The Hall–Kier alpha value is -1.76. The largest absolute Gasteiger partial charge is 0.307 e. The van der Waals surface area contributed by atoms with E-state index in [1.54, 1.807) is 6.07 Å². The smallest absolute Gasteiger partial charge is 0.239 e. The van der Waals surface area contributed by atoms with Crippen LogP contribution in [0, 0.1) is 16.7 Å². The molecule has 0 bridgehead atoms. The van der Waals surface area contributed by atoms with Crippen molar-refractivity contribution in [3.63, 3.8) is 0 Å². The lowest BCUT2D eigenvalue weighted by atomic mass is 10.3. The monoisotopic (exact) mass is 134 g/mol. The molecule has 0 heterocycles. The predicted molar refractivity (Wildman–Crippen MR) is 31.4 cm³/mol. The second-order valence-electron chi connectivity index (χ2n) is 1.70. The van der Waals surface area contributed by atoms with E-state index < -0.39 is 11.6 Å². The van der Waals surface area contributed by atoms with E-state index in [2.05, 4.69) is 0 Å². The average Bonchev–Trinajstić information content (AvgIpc) is 2.49. The van der Waals surface area contributed by atoms with Gasteiger partial charge in [0.2, 0.25) is 11.6 Å². The Labute approximate surface area is 56.3 Å². The van der Waals surface area contributed by atoms with Crippen LogP contribution in [0.5, 0.6) is 0 Å². The first kappa shape index (κ1) is 6.36. The molecule has 4 nitrogen and oxygen atoms in total. The number of allylic oxidation sites excluding steroid dienone is 2. The quantitative estimate of drug-likeness (QED) is 0.174. The number of nitrogens with one attached hydrogen (secondary N) is 1. The van der Waals surface area contributed by atoms with Crippen LogP contribution in [0.2, 0.25) is 0 Å². The van der Waals surface area contributed by atoms with Crippen LogP contribution in [0.3, 0.4) is 0 Å². The van der Waals surface area contributed by atoms with Gasteiger partial charge in [-0.15, -0.1) is 0 Å². The Balaban J connectivity index is 3.13. The molecule has 0 spiro atoms. The number of Topliss-reactive ketones (excluding diaryl/α,β-unsaturated/α-hetero) is 2. The van der Waals surface area contributed by atoms with E-state index in [0.717, 1.165) is 0 Å². The summed E-state index contributed by atoms with van der Waals surface area (Å²) >= 11 is 0. The lowest BCUT2D eigenvalue weighted by Gasteiger charge is -1.72. The molecule has 0 aliphatic heterocycles. The second kappa shape index (κ2) is 1.88. The van der Waals surface area contributed by atoms with E-state index in [9.17, 15) is 9.59 Å². The van der Waals surface area contributed by atoms with Crippen LogP contribution in [-0.4, -0.2) is 17.8 Å². The zero-order valence-corrected chi connectivity index (χ0v) is 4.84. The molecular formula is C6H2N2O2. The lowest BCUT2D eigenvalue weighted by Crippen LogP contribution is -1.78. The van der Waals surface area contributed by atoms with Crippen molar-refractivity contribution in [2.45, 2.75) is 0 Å². The number of ketones is 2. The molecule has 4 heteroatoms. The zero-order chi connectivity index (χ0) is 7.72.